The summed E-state index contributed by atoms with van der Waals surface area (Å²) in [7, 11) is 3.19. The number of hydrogen-bond donors (Lipinski definition) is 1. The molecule has 1 atom stereocenters. The van der Waals surface area contributed by atoms with Gasteiger partial charge in [0.1, 0.15) is 0 Å². The summed E-state index contributed by atoms with van der Waals surface area (Å²) in [5.74, 6) is 0. The average molecular weight is 399 g/mol. The van der Waals surface area contributed by atoms with E-state index in [1.165, 1.54) is 16.8 Å². The number of nitrogens with zero attached hydrogens (tertiary/aromatic N) is 1. The van der Waals surface area contributed by atoms with E-state index in [0.717, 1.165) is 51.0 Å². The predicted octanol–water partition coefficient (Wildman–Crippen LogP) is 3.93. The summed E-state index contributed by atoms with van der Waals surface area (Å²) in [6.45, 7) is 5.84. The minimum absolute atomic E-state index is 0.0842. The van der Waals surface area contributed by atoms with Crippen molar-refractivity contribution in [1.82, 2.24) is 5.32 Å². The Hall–Kier alpha value is -1.92. The third kappa shape index (κ3) is 6.03. The number of nitrogens with one attached hydrogen (secondary N) is 1. The van der Waals surface area contributed by atoms with Gasteiger partial charge in [-0.05, 0) is 42.0 Å². The van der Waals surface area contributed by atoms with Gasteiger partial charge in [0.15, 0.2) is 0 Å². The molecule has 1 aliphatic heterocycles. The summed E-state index contributed by atoms with van der Waals surface area (Å²) >= 11 is 0. The zero-order chi connectivity index (χ0) is 20.5. The second-order valence-electron chi connectivity index (χ2n) is 7.39. The van der Waals surface area contributed by atoms with Crippen molar-refractivity contribution < 1.29 is 14.2 Å². The molecule has 0 saturated carbocycles. The maximum atomic E-state index is 6.07. The van der Waals surface area contributed by atoms with Crippen LogP contribution in [-0.4, -0.2) is 46.9 Å². The van der Waals surface area contributed by atoms with Gasteiger partial charge in [-0.1, -0.05) is 49.4 Å². The van der Waals surface area contributed by atoms with Crippen molar-refractivity contribution >= 4 is 5.69 Å². The summed E-state index contributed by atoms with van der Waals surface area (Å²) in [6, 6.07) is 17.2. The lowest BCUT2D eigenvalue weighted by Gasteiger charge is -2.31. The molecule has 2 aromatic rings. The minimum Gasteiger partial charge on any atom is -0.369 e. The lowest BCUT2D eigenvalue weighted by Crippen LogP contribution is -2.43. The fourth-order valence-electron chi connectivity index (χ4n) is 3.91. The molecule has 29 heavy (non-hydrogen) atoms. The molecule has 1 saturated heterocycles. The Bertz CT molecular complexity index is 728. The van der Waals surface area contributed by atoms with Gasteiger partial charge in [0.05, 0.1) is 6.10 Å². The quantitative estimate of drug-likeness (QED) is 0.615. The highest BCUT2D eigenvalue weighted by Gasteiger charge is 2.19. The molecule has 1 unspecified atom stereocenters. The molecule has 158 valence electrons. The van der Waals surface area contributed by atoms with Crippen LogP contribution in [0.3, 0.4) is 0 Å². The van der Waals surface area contributed by atoms with E-state index >= 15 is 0 Å². The summed E-state index contributed by atoms with van der Waals surface area (Å²) in [4.78, 5) is 2.50. The van der Waals surface area contributed by atoms with Gasteiger partial charge in [0.2, 0.25) is 0 Å². The molecule has 0 radical (unpaired) electrons. The Morgan fingerprint density at radius 3 is 2.38 bits per heavy atom. The van der Waals surface area contributed by atoms with Crippen LogP contribution < -0.4 is 10.2 Å². The molecule has 5 nitrogen and oxygen atoms in total. The Morgan fingerprint density at radius 1 is 1.00 bits per heavy atom. The molecule has 1 heterocycles. The molecule has 0 bridgehead atoms. The molecule has 0 spiro atoms. The third-order valence-corrected chi connectivity index (χ3v) is 5.51. The number of anilines is 1. The number of rotatable bonds is 10. The molecule has 1 N–H and O–H groups in total. The van der Waals surface area contributed by atoms with E-state index in [0.29, 0.717) is 0 Å². The van der Waals surface area contributed by atoms with Gasteiger partial charge in [-0.15, -0.1) is 0 Å². The van der Waals surface area contributed by atoms with Crippen LogP contribution in [0, 0.1) is 0 Å². The highest BCUT2D eigenvalue weighted by Crippen LogP contribution is 2.28. The number of benzene rings is 2. The molecular weight excluding hydrogens is 364 g/mol. The Morgan fingerprint density at radius 2 is 1.72 bits per heavy atom. The summed E-state index contributed by atoms with van der Waals surface area (Å²) in [5.41, 5.74) is 5.29. The van der Waals surface area contributed by atoms with E-state index in [-0.39, 0.29) is 6.10 Å². The van der Waals surface area contributed by atoms with Crippen LogP contribution in [0.25, 0.3) is 0 Å². The number of piperazine rings is 1. The van der Waals surface area contributed by atoms with Crippen LogP contribution in [0.4, 0.5) is 5.69 Å². The van der Waals surface area contributed by atoms with Crippen molar-refractivity contribution in [2.75, 3.05) is 45.3 Å². The van der Waals surface area contributed by atoms with Crippen LogP contribution in [0.5, 0.6) is 0 Å². The number of ether oxygens (including phenoxy) is 3. The molecule has 5 heteroatoms. The molecule has 0 amide bonds. The average Bonchev–Trinajstić information content (AvgIpc) is 2.80. The van der Waals surface area contributed by atoms with Gasteiger partial charge >= 0.3 is 0 Å². The molecule has 1 fully saturated rings. The molecular formula is C24H34N2O3. The first-order valence-corrected chi connectivity index (χ1v) is 10.6. The fraction of sp³-hybridized carbons (Fsp3) is 0.500. The highest BCUT2D eigenvalue weighted by atomic mass is 16.8. The van der Waals surface area contributed by atoms with Crippen molar-refractivity contribution in [2.24, 2.45) is 0 Å². The molecule has 2 aromatic carbocycles. The SMILES string of the molecule is CCc1cc(CCC(OC(OC)OC)c2ccccc2)ccc1N1CCNCC1. The lowest BCUT2D eigenvalue weighted by molar-refractivity contribution is -0.286. The Kier molecular flexibility index (Phi) is 8.50. The van der Waals surface area contributed by atoms with Gasteiger partial charge in [-0.25, -0.2) is 0 Å². The van der Waals surface area contributed by atoms with Crippen molar-refractivity contribution in [3.8, 4) is 0 Å². The highest BCUT2D eigenvalue weighted by molar-refractivity contribution is 5.55. The summed E-state index contributed by atoms with van der Waals surface area (Å²) < 4.78 is 16.6. The van der Waals surface area contributed by atoms with Crippen molar-refractivity contribution in [3.63, 3.8) is 0 Å². The maximum absolute atomic E-state index is 6.07. The second kappa shape index (κ2) is 11.3. The predicted molar refractivity (Wildman–Crippen MR) is 117 cm³/mol. The first-order valence-electron chi connectivity index (χ1n) is 10.6. The zero-order valence-corrected chi connectivity index (χ0v) is 17.9. The first kappa shape index (κ1) is 21.8. The molecule has 0 aromatic heterocycles. The minimum atomic E-state index is -0.665. The van der Waals surface area contributed by atoms with E-state index in [1.807, 2.05) is 18.2 Å². The molecule has 0 aliphatic carbocycles. The van der Waals surface area contributed by atoms with Crippen molar-refractivity contribution in [3.05, 3.63) is 65.2 Å². The van der Waals surface area contributed by atoms with Crippen LogP contribution in [0.15, 0.2) is 48.5 Å². The Labute approximate surface area is 175 Å². The van der Waals surface area contributed by atoms with Gasteiger partial charge in [-0.2, -0.15) is 0 Å². The zero-order valence-electron chi connectivity index (χ0n) is 17.9. The number of methoxy groups -OCH3 is 2. The first-order chi connectivity index (χ1) is 14.2. The van der Waals surface area contributed by atoms with E-state index in [2.05, 4.69) is 47.5 Å². The van der Waals surface area contributed by atoms with Crippen molar-refractivity contribution in [2.45, 2.75) is 38.8 Å². The maximum Gasteiger partial charge on any atom is 0.271 e. The number of hydrogen-bond acceptors (Lipinski definition) is 5. The van der Waals surface area contributed by atoms with Crippen molar-refractivity contribution in [1.29, 1.82) is 0 Å². The largest absolute Gasteiger partial charge is 0.369 e. The normalized spacial score (nSPS) is 15.7. The standard InChI is InChI=1S/C24H34N2O3/c1-4-20-18-19(10-12-22(20)26-16-14-25-15-17-26)11-13-23(29-24(27-2)28-3)21-8-6-5-7-9-21/h5-10,12,18,23-25H,4,11,13-17H2,1-3H3. The summed E-state index contributed by atoms with van der Waals surface area (Å²) in [6.07, 6.45) is 2.76. The van der Waals surface area contributed by atoms with E-state index in [4.69, 9.17) is 14.2 Å². The van der Waals surface area contributed by atoms with Crippen LogP contribution in [0.2, 0.25) is 0 Å². The van der Waals surface area contributed by atoms with E-state index in [1.54, 1.807) is 14.2 Å². The van der Waals surface area contributed by atoms with Gasteiger partial charge in [0.25, 0.3) is 6.48 Å². The second-order valence-corrected chi connectivity index (χ2v) is 7.39. The van der Waals surface area contributed by atoms with Crippen LogP contribution >= 0.6 is 0 Å². The molecule has 1 aliphatic rings. The fourth-order valence-corrected chi connectivity index (χ4v) is 3.91. The monoisotopic (exact) mass is 398 g/mol. The number of aryl methyl sites for hydroxylation is 2. The van der Waals surface area contributed by atoms with Gasteiger partial charge in [-0.3, -0.25) is 0 Å². The van der Waals surface area contributed by atoms with E-state index in [9.17, 15) is 0 Å². The van der Waals surface area contributed by atoms with Crippen LogP contribution in [-0.2, 0) is 27.1 Å². The van der Waals surface area contributed by atoms with E-state index < -0.39 is 6.48 Å². The lowest BCUT2D eigenvalue weighted by atomic mass is 9.98. The smallest absolute Gasteiger partial charge is 0.271 e. The topological polar surface area (TPSA) is 43.0 Å². The third-order valence-electron chi connectivity index (χ3n) is 5.51. The van der Waals surface area contributed by atoms with Gasteiger partial charge < -0.3 is 24.4 Å². The Balaban J connectivity index is 1.71. The molecule has 3 rings (SSSR count). The van der Waals surface area contributed by atoms with Gasteiger partial charge in [0, 0.05) is 46.1 Å². The summed E-state index contributed by atoms with van der Waals surface area (Å²) in [5, 5.41) is 3.43. The van der Waals surface area contributed by atoms with Crippen LogP contribution in [0.1, 0.15) is 36.1 Å².